The molecule has 4 nitrogen and oxygen atoms in total. The topological polar surface area (TPSA) is 51.0 Å². The molecule has 18 heavy (non-hydrogen) atoms. The van der Waals surface area contributed by atoms with E-state index in [-0.39, 0.29) is 16.8 Å². The Labute approximate surface area is 112 Å². The van der Waals surface area contributed by atoms with Crippen LogP contribution in [0.15, 0.2) is 9.98 Å². The van der Waals surface area contributed by atoms with Crippen molar-refractivity contribution in [1.82, 2.24) is 0 Å². The Kier molecular flexibility index (Phi) is 3.76. The van der Waals surface area contributed by atoms with Crippen LogP contribution in [0.5, 0.6) is 0 Å². The quantitative estimate of drug-likeness (QED) is 0.571. The molecule has 0 bridgehead atoms. The Hall–Kier alpha value is -0.900. The van der Waals surface area contributed by atoms with Crippen LogP contribution < -0.4 is 0 Å². The second-order valence-corrected chi connectivity index (χ2v) is 6.11. The molecule has 0 amide bonds. The van der Waals surface area contributed by atoms with Gasteiger partial charge in [0.25, 0.3) is 0 Å². The van der Waals surface area contributed by atoms with Crippen molar-refractivity contribution in [2.24, 2.45) is 15.4 Å². The number of carbonyl (C=O) groups is 1. The van der Waals surface area contributed by atoms with Gasteiger partial charge in [-0.15, -0.1) is 11.6 Å². The summed E-state index contributed by atoms with van der Waals surface area (Å²) < 4.78 is 4.99. The number of aliphatic imine (C=N–C) groups is 2. The molecule has 0 radical (unpaired) electrons. The molecule has 2 rings (SSSR count). The molecule has 1 aliphatic carbocycles. The minimum absolute atomic E-state index is 0.0874. The van der Waals surface area contributed by atoms with E-state index in [0.717, 1.165) is 24.3 Å². The second-order valence-electron chi connectivity index (χ2n) is 5.58. The monoisotopic (exact) mass is 270 g/mol. The van der Waals surface area contributed by atoms with Gasteiger partial charge >= 0.3 is 5.97 Å². The van der Waals surface area contributed by atoms with E-state index in [9.17, 15) is 4.79 Å². The van der Waals surface area contributed by atoms with Crippen molar-refractivity contribution < 1.29 is 9.53 Å². The average molecular weight is 271 g/mol. The van der Waals surface area contributed by atoms with Gasteiger partial charge in [-0.25, -0.2) is 4.79 Å². The molecule has 1 saturated carbocycles. The summed E-state index contributed by atoms with van der Waals surface area (Å²) in [5.41, 5.74) is 1.87. The van der Waals surface area contributed by atoms with E-state index in [1.54, 1.807) is 6.92 Å². The summed E-state index contributed by atoms with van der Waals surface area (Å²) in [6.45, 7) is 6.86. The fourth-order valence-corrected chi connectivity index (χ4v) is 3.07. The molecule has 0 N–H and O–H groups in total. The third-order valence-corrected chi connectivity index (χ3v) is 3.64. The summed E-state index contributed by atoms with van der Waals surface area (Å²) in [5, 5.41) is -0.0874. The maximum Gasteiger partial charge on any atom is 0.332 e. The number of ether oxygens (including phenoxy) is 1. The van der Waals surface area contributed by atoms with Crippen molar-refractivity contribution in [3.63, 3.8) is 0 Å². The van der Waals surface area contributed by atoms with Crippen LogP contribution in [0.2, 0.25) is 0 Å². The molecule has 5 heteroatoms. The fraction of sp³-hybridized carbons (Fsp3) is 0.769. The molecule has 1 aliphatic heterocycles. The smallest absolute Gasteiger partial charge is 0.332 e. The summed E-state index contributed by atoms with van der Waals surface area (Å²) >= 11 is 6.34. The summed E-state index contributed by atoms with van der Waals surface area (Å²) in [7, 11) is 0. The number of hydrogen-bond acceptors (Lipinski definition) is 4. The van der Waals surface area contributed by atoms with Gasteiger partial charge in [0.2, 0.25) is 0 Å². The first-order chi connectivity index (χ1) is 8.43. The molecule has 2 aliphatic rings. The highest BCUT2D eigenvalue weighted by Gasteiger charge is 2.38. The maximum atomic E-state index is 11.7. The normalized spacial score (nSPS) is 30.0. The minimum Gasteiger partial charge on any atom is -0.464 e. The number of carbonyl (C=O) groups excluding carboxylic acids is 1. The van der Waals surface area contributed by atoms with Crippen LogP contribution in [0.1, 0.15) is 33.6 Å². The van der Waals surface area contributed by atoms with Crippen molar-refractivity contribution in [2.75, 3.05) is 13.2 Å². The highest BCUT2D eigenvalue weighted by Crippen LogP contribution is 2.36. The van der Waals surface area contributed by atoms with Crippen LogP contribution in [0, 0.1) is 5.41 Å². The molecule has 0 spiro atoms. The van der Waals surface area contributed by atoms with Crippen molar-refractivity contribution in [1.29, 1.82) is 0 Å². The van der Waals surface area contributed by atoms with Gasteiger partial charge in [-0.1, -0.05) is 13.8 Å². The first kappa shape index (κ1) is 13.5. The van der Waals surface area contributed by atoms with Gasteiger partial charge < -0.3 is 4.74 Å². The molecule has 0 saturated heterocycles. The molecule has 2 unspecified atom stereocenters. The number of rotatable bonds is 2. The van der Waals surface area contributed by atoms with E-state index in [4.69, 9.17) is 16.3 Å². The molecule has 0 aromatic heterocycles. The van der Waals surface area contributed by atoms with Crippen molar-refractivity contribution in [3.05, 3.63) is 0 Å². The molecule has 0 aromatic rings. The Balaban J connectivity index is 2.18. The van der Waals surface area contributed by atoms with Gasteiger partial charge in [-0.05, 0) is 25.2 Å². The third kappa shape index (κ3) is 2.74. The Morgan fingerprint density at radius 3 is 2.94 bits per heavy atom. The largest absolute Gasteiger partial charge is 0.464 e. The number of nitrogens with zero attached hydrogens (tertiary/aromatic N) is 2. The maximum absolute atomic E-state index is 11.7. The van der Waals surface area contributed by atoms with Gasteiger partial charge in [0.15, 0.2) is 6.04 Å². The lowest BCUT2D eigenvalue weighted by Gasteiger charge is -2.36. The lowest BCUT2D eigenvalue weighted by molar-refractivity contribution is -0.144. The van der Waals surface area contributed by atoms with Gasteiger partial charge in [-0.2, -0.15) is 0 Å². The predicted octanol–water partition coefficient (Wildman–Crippen LogP) is 2.24. The zero-order chi connectivity index (χ0) is 13.3. The van der Waals surface area contributed by atoms with Crippen LogP contribution in [-0.4, -0.2) is 42.0 Å². The van der Waals surface area contributed by atoms with Crippen LogP contribution >= 0.6 is 11.6 Å². The van der Waals surface area contributed by atoms with Crippen molar-refractivity contribution in [3.8, 4) is 0 Å². The Morgan fingerprint density at radius 1 is 1.56 bits per heavy atom. The molecule has 0 aromatic carbocycles. The number of hydrogen-bond donors (Lipinski definition) is 0. The highest BCUT2D eigenvalue weighted by atomic mass is 35.5. The highest BCUT2D eigenvalue weighted by molar-refractivity contribution is 6.54. The molecule has 1 heterocycles. The lowest BCUT2D eigenvalue weighted by atomic mass is 9.75. The summed E-state index contributed by atoms with van der Waals surface area (Å²) in [4.78, 5) is 20.6. The van der Waals surface area contributed by atoms with Gasteiger partial charge in [0.05, 0.1) is 30.0 Å². The first-order valence-corrected chi connectivity index (χ1v) is 6.78. The summed E-state index contributed by atoms with van der Waals surface area (Å²) in [6.07, 6.45) is 1.72. The van der Waals surface area contributed by atoms with E-state index in [2.05, 4.69) is 23.8 Å². The SMILES string of the molecule is CCOC(=O)C1CN=C2C(=N1)CC(C)(C)CC2Cl. The van der Waals surface area contributed by atoms with Crippen LogP contribution in [0.25, 0.3) is 0 Å². The zero-order valence-corrected chi connectivity index (χ0v) is 11.8. The van der Waals surface area contributed by atoms with Gasteiger partial charge in [0.1, 0.15) is 0 Å². The van der Waals surface area contributed by atoms with Crippen LogP contribution in [0.3, 0.4) is 0 Å². The first-order valence-electron chi connectivity index (χ1n) is 6.35. The Bertz CT molecular complexity index is 415. The van der Waals surface area contributed by atoms with Gasteiger partial charge in [0, 0.05) is 0 Å². The average Bonchev–Trinajstić information content (AvgIpc) is 2.26. The van der Waals surface area contributed by atoms with E-state index in [1.165, 1.54) is 0 Å². The summed E-state index contributed by atoms with van der Waals surface area (Å²) in [6, 6.07) is -0.485. The summed E-state index contributed by atoms with van der Waals surface area (Å²) in [5.74, 6) is -0.290. The van der Waals surface area contributed by atoms with Crippen LogP contribution in [-0.2, 0) is 9.53 Å². The van der Waals surface area contributed by atoms with Crippen molar-refractivity contribution in [2.45, 2.75) is 45.0 Å². The molecule has 1 fully saturated rings. The molecule has 100 valence electrons. The van der Waals surface area contributed by atoms with E-state index in [1.807, 2.05) is 0 Å². The number of alkyl halides is 1. The standard InChI is InChI=1S/C13H19ClN2O2/c1-4-18-12(17)10-7-15-11-8(14)5-13(2,3)6-9(11)16-10/h8,10H,4-7H2,1-3H3. The number of fused-ring (bicyclic) bond motifs is 1. The van der Waals surface area contributed by atoms with Gasteiger partial charge in [-0.3, -0.25) is 9.98 Å². The molecule has 2 atom stereocenters. The number of esters is 1. The van der Waals surface area contributed by atoms with E-state index in [0.29, 0.717) is 13.2 Å². The molecular weight excluding hydrogens is 252 g/mol. The lowest BCUT2D eigenvalue weighted by Crippen LogP contribution is -2.43. The third-order valence-electron chi connectivity index (χ3n) is 3.28. The predicted molar refractivity (Wildman–Crippen MR) is 72.8 cm³/mol. The van der Waals surface area contributed by atoms with E-state index < -0.39 is 6.04 Å². The van der Waals surface area contributed by atoms with Crippen molar-refractivity contribution >= 4 is 29.0 Å². The number of halogens is 1. The minimum atomic E-state index is -0.485. The van der Waals surface area contributed by atoms with Crippen LogP contribution in [0.4, 0.5) is 0 Å². The fourth-order valence-electron chi connectivity index (χ4n) is 2.46. The van der Waals surface area contributed by atoms with E-state index >= 15 is 0 Å². The Morgan fingerprint density at radius 2 is 2.28 bits per heavy atom. The second kappa shape index (κ2) is 5.00. The zero-order valence-electron chi connectivity index (χ0n) is 11.1. The molecular formula is C13H19ClN2O2.